The Morgan fingerprint density at radius 3 is 2.75 bits per heavy atom. The largest absolute Gasteiger partial charge is 0.477 e. The molecule has 0 spiro atoms. The van der Waals surface area contributed by atoms with Gasteiger partial charge in [0.2, 0.25) is 5.91 Å². The van der Waals surface area contributed by atoms with Crippen LogP contribution in [0.2, 0.25) is 0 Å². The van der Waals surface area contributed by atoms with Crippen molar-refractivity contribution >= 4 is 23.6 Å². The molecule has 1 fully saturated rings. The Morgan fingerprint density at radius 1 is 1.50 bits per heavy atom. The van der Waals surface area contributed by atoms with Crippen molar-refractivity contribution in [2.45, 2.75) is 44.8 Å². The molecular formula is C16H23N3O4S. The zero-order valence-electron chi connectivity index (χ0n) is 13.6. The second-order valence-corrected chi connectivity index (χ2v) is 7.27. The summed E-state index contributed by atoms with van der Waals surface area (Å²) in [4.78, 5) is 26.1. The summed E-state index contributed by atoms with van der Waals surface area (Å²) in [5.74, 6) is -1.63. The minimum absolute atomic E-state index is 0.0302. The van der Waals surface area contributed by atoms with E-state index in [0.717, 1.165) is 19.3 Å². The van der Waals surface area contributed by atoms with Crippen LogP contribution in [0.1, 0.15) is 32.6 Å². The first kappa shape index (κ1) is 18.8. The lowest BCUT2D eigenvalue weighted by atomic mass is 9.77. The third-order valence-corrected chi connectivity index (χ3v) is 5.79. The zero-order chi connectivity index (χ0) is 17.9. The SMILES string of the molecule is C[C@@H](O)[C@H]1C(=O)N2C(C(=O)O)=C(SCCC#N)[C@H](CCCCN)[C@H]12. The molecule has 1 saturated heterocycles. The van der Waals surface area contributed by atoms with Gasteiger partial charge in [0.25, 0.3) is 0 Å². The van der Waals surface area contributed by atoms with E-state index in [0.29, 0.717) is 23.6 Å². The Balaban J connectivity index is 2.30. The summed E-state index contributed by atoms with van der Waals surface area (Å²) < 4.78 is 0. The molecule has 0 saturated carbocycles. The molecule has 2 aliphatic heterocycles. The molecule has 0 aromatic carbocycles. The quantitative estimate of drug-likeness (QED) is 0.415. The highest BCUT2D eigenvalue weighted by molar-refractivity contribution is 8.03. The molecule has 0 aromatic rings. The number of thioether (sulfide) groups is 1. The number of aliphatic hydroxyl groups is 1. The van der Waals surface area contributed by atoms with Crippen LogP contribution < -0.4 is 5.73 Å². The average molecular weight is 353 g/mol. The second-order valence-electron chi connectivity index (χ2n) is 6.13. The zero-order valence-corrected chi connectivity index (χ0v) is 14.5. The number of nitriles is 1. The Morgan fingerprint density at radius 2 is 2.21 bits per heavy atom. The van der Waals surface area contributed by atoms with Crippen LogP contribution in [0.4, 0.5) is 0 Å². The standard InChI is InChI=1S/C16H23N3O4S/c1-9(20)11-12-10(5-2-3-6-17)14(24-8-4-7-18)13(16(22)23)19(12)15(11)21/h9-12,20H,2-6,8,17H2,1H3,(H,22,23)/t9-,10-,11-,12-/m1/s1. The highest BCUT2D eigenvalue weighted by atomic mass is 32.2. The number of unbranched alkanes of at least 4 members (excludes halogenated alkanes) is 1. The fourth-order valence-corrected chi connectivity index (χ4v) is 4.77. The molecule has 1 amide bonds. The van der Waals surface area contributed by atoms with E-state index in [2.05, 4.69) is 0 Å². The van der Waals surface area contributed by atoms with Gasteiger partial charge in [-0.25, -0.2) is 4.79 Å². The number of fused-ring (bicyclic) bond motifs is 1. The molecule has 8 heteroatoms. The minimum atomic E-state index is -1.13. The van der Waals surface area contributed by atoms with Crippen LogP contribution in [0.25, 0.3) is 0 Å². The number of hydrogen-bond donors (Lipinski definition) is 3. The van der Waals surface area contributed by atoms with Crippen molar-refractivity contribution in [3.05, 3.63) is 10.6 Å². The fourth-order valence-electron chi connectivity index (χ4n) is 3.56. The minimum Gasteiger partial charge on any atom is -0.477 e. The molecular weight excluding hydrogens is 330 g/mol. The highest BCUT2D eigenvalue weighted by Gasteiger charge is 2.60. The lowest BCUT2D eigenvalue weighted by molar-refractivity contribution is -0.163. The summed E-state index contributed by atoms with van der Waals surface area (Å²) in [7, 11) is 0. The van der Waals surface area contributed by atoms with Gasteiger partial charge >= 0.3 is 5.97 Å². The molecule has 2 aliphatic rings. The van der Waals surface area contributed by atoms with Crippen molar-refractivity contribution in [2.24, 2.45) is 17.6 Å². The molecule has 0 bridgehead atoms. The first-order valence-corrected chi connectivity index (χ1v) is 9.12. The van der Waals surface area contributed by atoms with Gasteiger partial charge < -0.3 is 20.8 Å². The summed E-state index contributed by atoms with van der Waals surface area (Å²) in [5, 5.41) is 28.2. The van der Waals surface area contributed by atoms with E-state index < -0.39 is 18.0 Å². The number of aliphatic carboxylic acids is 1. The Kier molecular flexibility index (Phi) is 6.27. The van der Waals surface area contributed by atoms with Crippen molar-refractivity contribution in [2.75, 3.05) is 12.3 Å². The molecule has 0 aromatic heterocycles. The molecule has 2 heterocycles. The number of rotatable bonds is 9. The first-order valence-electron chi connectivity index (χ1n) is 8.14. The van der Waals surface area contributed by atoms with Gasteiger partial charge in [0.15, 0.2) is 0 Å². The van der Waals surface area contributed by atoms with Gasteiger partial charge in [-0.05, 0) is 26.3 Å². The van der Waals surface area contributed by atoms with Crippen LogP contribution in [-0.4, -0.2) is 51.4 Å². The van der Waals surface area contributed by atoms with E-state index in [1.807, 2.05) is 6.07 Å². The number of carboxylic acids is 1. The van der Waals surface area contributed by atoms with Crippen LogP contribution >= 0.6 is 11.8 Å². The third kappa shape index (κ3) is 3.29. The predicted octanol–water partition coefficient (Wildman–Crippen LogP) is 0.896. The van der Waals surface area contributed by atoms with Crippen molar-refractivity contribution < 1.29 is 19.8 Å². The van der Waals surface area contributed by atoms with Gasteiger partial charge in [-0.3, -0.25) is 4.79 Å². The molecule has 7 nitrogen and oxygen atoms in total. The molecule has 2 rings (SSSR count). The number of nitrogens with zero attached hydrogens (tertiary/aromatic N) is 2. The smallest absolute Gasteiger partial charge is 0.353 e. The van der Waals surface area contributed by atoms with Gasteiger partial charge in [0.05, 0.1) is 24.1 Å². The maximum Gasteiger partial charge on any atom is 0.353 e. The van der Waals surface area contributed by atoms with Gasteiger partial charge in [0, 0.05) is 23.0 Å². The fraction of sp³-hybridized carbons (Fsp3) is 0.688. The lowest BCUT2D eigenvalue weighted by Gasteiger charge is -2.47. The Labute approximate surface area is 145 Å². The van der Waals surface area contributed by atoms with E-state index in [1.165, 1.54) is 16.7 Å². The van der Waals surface area contributed by atoms with Crippen molar-refractivity contribution in [3.63, 3.8) is 0 Å². The van der Waals surface area contributed by atoms with Crippen LogP contribution in [0, 0.1) is 23.2 Å². The molecule has 0 radical (unpaired) electrons. The van der Waals surface area contributed by atoms with E-state index in [1.54, 1.807) is 6.92 Å². The van der Waals surface area contributed by atoms with Crippen molar-refractivity contribution in [1.29, 1.82) is 5.26 Å². The van der Waals surface area contributed by atoms with Crippen LogP contribution in [-0.2, 0) is 9.59 Å². The van der Waals surface area contributed by atoms with E-state index in [-0.39, 0.29) is 23.6 Å². The summed E-state index contributed by atoms with van der Waals surface area (Å²) in [5.41, 5.74) is 5.57. The van der Waals surface area contributed by atoms with Gasteiger partial charge in [-0.2, -0.15) is 5.26 Å². The Hall–Kier alpha value is -1.56. The topological polar surface area (TPSA) is 128 Å². The number of carbonyl (C=O) groups is 2. The molecule has 24 heavy (non-hydrogen) atoms. The maximum atomic E-state index is 12.3. The number of β-lactam (4-membered cyclic amide) rings is 1. The van der Waals surface area contributed by atoms with Crippen molar-refractivity contribution in [3.8, 4) is 6.07 Å². The summed E-state index contributed by atoms with van der Waals surface area (Å²) in [6.45, 7) is 2.13. The summed E-state index contributed by atoms with van der Waals surface area (Å²) in [6.07, 6.45) is 1.89. The predicted molar refractivity (Wildman–Crippen MR) is 89.6 cm³/mol. The first-order chi connectivity index (χ1) is 11.5. The molecule has 0 unspecified atom stereocenters. The monoisotopic (exact) mass is 353 g/mol. The van der Waals surface area contributed by atoms with Crippen LogP contribution in [0.5, 0.6) is 0 Å². The number of amides is 1. The molecule has 4 N–H and O–H groups in total. The highest BCUT2D eigenvalue weighted by Crippen LogP contribution is 2.52. The number of carboxylic acid groups (broad SMARTS) is 1. The molecule has 0 aliphatic carbocycles. The Bertz CT molecular complexity index is 584. The summed E-state index contributed by atoms with van der Waals surface area (Å²) in [6, 6.07) is 1.75. The second kappa shape index (κ2) is 8.01. The lowest BCUT2D eigenvalue weighted by Crippen LogP contribution is -2.63. The van der Waals surface area contributed by atoms with E-state index >= 15 is 0 Å². The third-order valence-electron chi connectivity index (χ3n) is 4.57. The number of hydrogen-bond acceptors (Lipinski definition) is 6. The van der Waals surface area contributed by atoms with E-state index in [9.17, 15) is 19.8 Å². The van der Waals surface area contributed by atoms with Crippen LogP contribution in [0.15, 0.2) is 10.6 Å². The van der Waals surface area contributed by atoms with Gasteiger partial charge in [-0.15, -0.1) is 11.8 Å². The normalized spacial score (nSPS) is 26.8. The van der Waals surface area contributed by atoms with Crippen LogP contribution in [0.3, 0.4) is 0 Å². The number of nitrogens with two attached hydrogens (primary N) is 1. The number of carbonyl (C=O) groups excluding carboxylic acids is 1. The van der Waals surface area contributed by atoms with E-state index in [4.69, 9.17) is 11.0 Å². The van der Waals surface area contributed by atoms with Gasteiger partial charge in [0.1, 0.15) is 5.70 Å². The summed E-state index contributed by atoms with van der Waals surface area (Å²) >= 11 is 1.34. The molecule has 132 valence electrons. The average Bonchev–Trinajstić information content (AvgIpc) is 2.78. The van der Waals surface area contributed by atoms with Gasteiger partial charge in [-0.1, -0.05) is 6.42 Å². The van der Waals surface area contributed by atoms with Crippen molar-refractivity contribution in [1.82, 2.24) is 4.90 Å². The number of aliphatic hydroxyl groups excluding tert-OH is 1. The molecule has 4 atom stereocenters. The maximum absolute atomic E-state index is 12.3.